The molecule has 0 saturated carbocycles. The number of piperazine rings is 1. The van der Waals surface area contributed by atoms with Crippen molar-refractivity contribution in [2.24, 2.45) is 5.18 Å². The summed E-state index contributed by atoms with van der Waals surface area (Å²) in [6.07, 6.45) is -3.21. The Balaban J connectivity index is 1.26. The van der Waals surface area contributed by atoms with E-state index in [1.165, 1.54) is 4.52 Å². The summed E-state index contributed by atoms with van der Waals surface area (Å²) in [6, 6.07) is 0.390. The molecule has 4 aromatic rings. The monoisotopic (exact) mass is 530 g/mol. The molecule has 1 saturated heterocycles. The maximum atomic E-state index is 14.5. The van der Waals surface area contributed by atoms with Gasteiger partial charge in [-0.15, -0.1) is 10.0 Å². The van der Waals surface area contributed by atoms with Crippen LogP contribution in [-0.4, -0.2) is 73.2 Å². The molecule has 38 heavy (non-hydrogen) atoms. The number of aromatic nitrogens is 6. The fraction of sp³-hybridized carbons (Fsp3) is 0.391. The van der Waals surface area contributed by atoms with Gasteiger partial charge >= 0.3 is 6.18 Å². The Morgan fingerprint density at radius 2 is 1.89 bits per heavy atom. The number of nitroso groups, excluding NO2 is 1. The first-order valence-corrected chi connectivity index (χ1v) is 11.7. The number of rotatable bonds is 6. The average Bonchev–Trinajstić information content (AvgIpc) is 3.48. The molecule has 0 radical (unpaired) electrons. The number of nitrogen functional groups attached to an aromatic ring is 1. The van der Waals surface area contributed by atoms with Crippen LogP contribution in [0, 0.1) is 22.6 Å². The highest BCUT2D eigenvalue weighted by Gasteiger charge is 2.42. The third kappa shape index (κ3) is 4.70. The van der Waals surface area contributed by atoms with E-state index >= 15 is 0 Å². The summed E-state index contributed by atoms with van der Waals surface area (Å²) in [5, 5.41) is 11.5. The Hall–Kier alpha value is -4.32. The number of halogens is 4. The molecule has 0 aliphatic carbocycles. The quantitative estimate of drug-likeness (QED) is 0.229. The standard InChI is InChI=1S/C23H22F4N10O/c1-2-3-18-30-21-15-13-29-36(20(15)31-22(28)37(21)32-18)11-8-34-6-9-35(10-7-34)17-12-14(4-5-16(17)24)19(33-38)23(25,26)27/h4-5,12-13,19H,6-11H2,1H3,(H2,28,31). The lowest BCUT2D eigenvalue weighted by molar-refractivity contribution is -0.148. The SMILES string of the molecule is CC#Cc1nc2c3cnn(CCN4CCN(c5cc(C(N=O)C(F)(F)F)ccc5F)CC4)c3nc(N)n2n1. The number of anilines is 2. The topological polar surface area (TPSA) is 123 Å². The van der Waals surface area contributed by atoms with E-state index in [0.717, 1.165) is 18.2 Å². The third-order valence-electron chi connectivity index (χ3n) is 6.38. The van der Waals surface area contributed by atoms with Crippen LogP contribution in [0.15, 0.2) is 29.6 Å². The van der Waals surface area contributed by atoms with Crippen LogP contribution in [-0.2, 0) is 6.54 Å². The molecule has 1 aromatic carbocycles. The smallest absolute Gasteiger partial charge is 0.368 e. The van der Waals surface area contributed by atoms with Gasteiger partial charge < -0.3 is 10.6 Å². The molecule has 198 valence electrons. The zero-order valence-electron chi connectivity index (χ0n) is 20.2. The van der Waals surface area contributed by atoms with E-state index in [1.54, 1.807) is 22.7 Å². The Labute approximate surface area is 213 Å². The second kappa shape index (κ2) is 9.86. The van der Waals surface area contributed by atoms with Crippen molar-refractivity contribution in [3.05, 3.63) is 46.5 Å². The van der Waals surface area contributed by atoms with Gasteiger partial charge in [0.25, 0.3) is 0 Å². The van der Waals surface area contributed by atoms with Gasteiger partial charge in [0.1, 0.15) is 5.82 Å². The van der Waals surface area contributed by atoms with Crippen molar-refractivity contribution in [3.8, 4) is 11.8 Å². The second-order valence-corrected chi connectivity index (χ2v) is 8.71. The van der Waals surface area contributed by atoms with Crippen molar-refractivity contribution >= 4 is 28.3 Å². The van der Waals surface area contributed by atoms with Crippen molar-refractivity contribution in [2.45, 2.75) is 25.7 Å². The van der Waals surface area contributed by atoms with E-state index in [4.69, 9.17) is 5.73 Å². The van der Waals surface area contributed by atoms with Gasteiger partial charge in [-0.05, 0) is 30.5 Å². The number of hydrogen-bond donors (Lipinski definition) is 1. The Bertz CT molecular complexity index is 1560. The Morgan fingerprint density at radius 1 is 1.13 bits per heavy atom. The molecule has 4 heterocycles. The molecule has 1 unspecified atom stereocenters. The first kappa shape index (κ1) is 25.3. The summed E-state index contributed by atoms with van der Waals surface area (Å²) in [5.41, 5.74) is 6.76. The third-order valence-corrected chi connectivity index (χ3v) is 6.38. The zero-order chi connectivity index (χ0) is 27.0. The molecule has 0 bridgehead atoms. The van der Waals surface area contributed by atoms with Crippen molar-refractivity contribution in [1.82, 2.24) is 34.3 Å². The number of hydrogen-bond acceptors (Lipinski definition) is 9. The van der Waals surface area contributed by atoms with E-state index < -0.39 is 18.0 Å². The van der Waals surface area contributed by atoms with E-state index in [9.17, 15) is 22.5 Å². The van der Waals surface area contributed by atoms with Gasteiger partial charge in [0, 0.05) is 32.7 Å². The highest BCUT2D eigenvalue weighted by Crippen LogP contribution is 2.37. The summed E-state index contributed by atoms with van der Waals surface area (Å²) in [6.45, 7) is 4.63. The van der Waals surface area contributed by atoms with Crippen molar-refractivity contribution in [1.29, 1.82) is 0 Å². The largest absolute Gasteiger partial charge is 0.418 e. The fourth-order valence-corrected chi connectivity index (χ4v) is 4.49. The summed E-state index contributed by atoms with van der Waals surface area (Å²) < 4.78 is 57.0. The minimum Gasteiger partial charge on any atom is -0.368 e. The lowest BCUT2D eigenvalue weighted by Crippen LogP contribution is -2.47. The van der Waals surface area contributed by atoms with Crippen molar-refractivity contribution in [3.63, 3.8) is 0 Å². The van der Waals surface area contributed by atoms with Crippen LogP contribution in [0.5, 0.6) is 0 Å². The van der Waals surface area contributed by atoms with Crippen LogP contribution in [0.3, 0.4) is 0 Å². The first-order valence-electron chi connectivity index (χ1n) is 11.7. The van der Waals surface area contributed by atoms with Crippen LogP contribution < -0.4 is 10.6 Å². The normalized spacial score (nSPS) is 15.6. The molecule has 2 N–H and O–H groups in total. The summed E-state index contributed by atoms with van der Waals surface area (Å²) in [5.74, 6) is 5.37. The van der Waals surface area contributed by atoms with Gasteiger partial charge in [0.15, 0.2) is 11.3 Å². The molecule has 5 rings (SSSR count). The predicted octanol–water partition coefficient (Wildman–Crippen LogP) is 2.76. The molecular weight excluding hydrogens is 508 g/mol. The molecule has 15 heteroatoms. The molecule has 0 amide bonds. The summed E-state index contributed by atoms with van der Waals surface area (Å²) in [7, 11) is 0. The van der Waals surface area contributed by atoms with Crippen LogP contribution in [0.1, 0.15) is 24.4 Å². The predicted molar refractivity (Wildman–Crippen MR) is 131 cm³/mol. The molecule has 3 aromatic heterocycles. The van der Waals surface area contributed by atoms with Gasteiger partial charge in [-0.2, -0.15) is 32.8 Å². The fourth-order valence-electron chi connectivity index (χ4n) is 4.49. The molecule has 1 atom stereocenters. The highest BCUT2D eigenvalue weighted by molar-refractivity contribution is 5.89. The summed E-state index contributed by atoms with van der Waals surface area (Å²) in [4.78, 5) is 23.4. The lowest BCUT2D eigenvalue weighted by Gasteiger charge is -2.36. The van der Waals surface area contributed by atoms with E-state index in [-0.39, 0.29) is 17.2 Å². The number of alkyl halides is 3. The minimum absolute atomic E-state index is 0.0160. The minimum atomic E-state index is -4.85. The highest BCUT2D eigenvalue weighted by atomic mass is 19.4. The van der Waals surface area contributed by atoms with Crippen molar-refractivity contribution in [2.75, 3.05) is 43.4 Å². The van der Waals surface area contributed by atoms with Crippen LogP contribution in [0.2, 0.25) is 0 Å². The zero-order valence-corrected chi connectivity index (χ0v) is 20.2. The first-order chi connectivity index (χ1) is 18.2. The maximum absolute atomic E-state index is 14.5. The summed E-state index contributed by atoms with van der Waals surface area (Å²) >= 11 is 0. The molecule has 1 fully saturated rings. The Kier molecular flexibility index (Phi) is 6.57. The maximum Gasteiger partial charge on any atom is 0.418 e. The molecule has 11 nitrogen and oxygen atoms in total. The number of nitrogens with zero attached hydrogens (tertiary/aromatic N) is 9. The Morgan fingerprint density at radius 3 is 2.58 bits per heavy atom. The molecular formula is C23H22F4N10O. The molecule has 1 aliphatic rings. The van der Waals surface area contributed by atoms with Gasteiger partial charge in [-0.3, -0.25) is 4.90 Å². The number of fused-ring (bicyclic) bond motifs is 3. The van der Waals surface area contributed by atoms with Crippen molar-refractivity contribution < 1.29 is 17.6 Å². The van der Waals surface area contributed by atoms with Gasteiger partial charge in [-0.25, -0.2) is 9.07 Å². The number of benzene rings is 1. The van der Waals surface area contributed by atoms with E-state index in [2.05, 4.69) is 42.1 Å². The van der Waals surface area contributed by atoms with Crippen LogP contribution in [0.25, 0.3) is 16.7 Å². The van der Waals surface area contributed by atoms with Crippen LogP contribution >= 0.6 is 0 Å². The van der Waals surface area contributed by atoms with E-state index in [1.807, 2.05) is 0 Å². The van der Waals surface area contributed by atoms with E-state index in [0.29, 0.717) is 61.8 Å². The lowest BCUT2D eigenvalue weighted by atomic mass is 10.1. The van der Waals surface area contributed by atoms with Gasteiger partial charge in [0.2, 0.25) is 17.8 Å². The molecule has 0 spiro atoms. The van der Waals surface area contributed by atoms with Gasteiger partial charge in [-0.1, -0.05) is 17.2 Å². The second-order valence-electron chi connectivity index (χ2n) is 8.71. The molecule has 1 aliphatic heterocycles. The van der Waals surface area contributed by atoms with Crippen LogP contribution in [0.4, 0.5) is 29.2 Å². The number of nitrogens with two attached hydrogens (primary N) is 1. The average molecular weight is 530 g/mol. The van der Waals surface area contributed by atoms with Gasteiger partial charge in [0.05, 0.1) is 23.8 Å².